The first-order chi connectivity index (χ1) is 22.5. The quantitative estimate of drug-likeness (QED) is 0.199. The van der Waals surface area contributed by atoms with Gasteiger partial charge in [0.05, 0.1) is 5.69 Å². The predicted molar refractivity (Wildman–Crippen MR) is 196 cm³/mol. The van der Waals surface area contributed by atoms with Gasteiger partial charge in [-0.3, -0.25) is 0 Å². The molecule has 0 atom stereocenters. The van der Waals surface area contributed by atoms with E-state index in [4.69, 9.17) is 4.42 Å². The third kappa shape index (κ3) is 3.58. The number of hydrogen-bond donors (Lipinski definition) is 0. The minimum Gasteiger partial charge on any atom is -0.456 e. The third-order valence-electron chi connectivity index (χ3n) is 10.0. The van der Waals surface area contributed by atoms with E-state index in [-0.39, 0.29) is 5.41 Å². The maximum atomic E-state index is 6.24. The molecule has 0 aliphatic heterocycles. The molecule has 0 unspecified atom stereocenters. The van der Waals surface area contributed by atoms with E-state index in [0.29, 0.717) is 0 Å². The van der Waals surface area contributed by atoms with E-state index < -0.39 is 0 Å². The summed E-state index contributed by atoms with van der Waals surface area (Å²) in [6.07, 6.45) is 0. The van der Waals surface area contributed by atoms with Crippen LogP contribution in [0.1, 0.15) is 25.0 Å². The van der Waals surface area contributed by atoms with Crippen LogP contribution in [0, 0.1) is 0 Å². The lowest BCUT2D eigenvalue weighted by Gasteiger charge is -2.29. The lowest BCUT2D eigenvalue weighted by atomic mass is 9.82. The number of thiophene rings is 1. The van der Waals surface area contributed by atoms with Crippen LogP contribution in [0.15, 0.2) is 144 Å². The van der Waals surface area contributed by atoms with Gasteiger partial charge in [0.2, 0.25) is 0 Å². The molecule has 0 amide bonds. The van der Waals surface area contributed by atoms with Crippen molar-refractivity contribution in [3.8, 4) is 11.1 Å². The summed E-state index contributed by atoms with van der Waals surface area (Å²) in [6, 6.07) is 51.1. The van der Waals surface area contributed by atoms with E-state index in [0.717, 1.165) is 33.3 Å². The van der Waals surface area contributed by atoms with Gasteiger partial charge in [-0.2, -0.15) is 0 Å². The van der Waals surface area contributed by atoms with Gasteiger partial charge in [-0.15, -0.1) is 11.3 Å². The highest BCUT2D eigenvalue weighted by Gasteiger charge is 2.37. The van der Waals surface area contributed by atoms with Gasteiger partial charge < -0.3 is 9.32 Å². The second kappa shape index (κ2) is 9.32. The monoisotopic (exact) mass is 607 g/mol. The molecule has 9 aromatic rings. The zero-order valence-electron chi connectivity index (χ0n) is 25.5. The van der Waals surface area contributed by atoms with Crippen molar-refractivity contribution < 1.29 is 4.42 Å². The van der Waals surface area contributed by atoms with Crippen molar-refractivity contribution >= 4 is 81.3 Å². The van der Waals surface area contributed by atoms with Crippen LogP contribution >= 0.6 is 11.3 Å². The Morgan fingerprint density at radius 1 is 0.522 bits per heavy atom. The summed E-state index contributed by atoms with van der Waals surface area (Å²) >= 11 is 1.87. The Labute approximate surface area is 270 Å². The van der Waals surface area contributed by atoms with Crippen molar-refractivity contribution in [2.75, 3.05) is 4.90 Å². The fourth-order valence-corrected chi connectivity index (χ4v) is 8.94. The average molecular weight is 608 g/mol. The van der Waals surface area contributed by atoms with Gasteiger partial charge in [-0.05, 0) is 82.1 Å². The van der Waals surface area contributed by atoms with Crippen molar-refractivity contribution in [1.29, 1.82) is 0 Å². The van der Waals surface area contributed by atoms with Crippen molar-refractivity contribution in [1.82, 2.24) is 0 Å². The standard InChI is InChI=1S/C43H29NOS/c1-43(2)35-13-6-3-12-33(35)42-36(43)14-9-15-37(42)44(29-20-21-32-31-11-5-8-17-40(31)46-41(32)25-29)28-19-18-26-24-39-34(23-27(26)22-28)30-10-4-7-16-38(30)45-39/h3-25H,1-2H3. The normalized spacial score (nSPS) is 13.6. The van der Waals surface area contributed by atoms with Gasteiger partial charge >= 0.3 is 0 Å². The number of nitrogens with zero attached hydrogens (tertiary/aromatic N) is 1. The first kappa shape index (κ1) is 25.9. The molecule has 1 aliphatic carbocycles. The van der Waals surface area contributed by atoms with Crippen LogP contribution in [0.3, 0.4) is 0 Å². The van der Waals surface area contributed by atoms with Crippen LogP contribution in [0.5, 0.6) is 0 Å². The SMILES string of the molecule is CC1(C)c2ccccc2-c2c(N(c3ccc4cc5oc6ccccc6c5cc4c3)c3ccc4c(c3)sc3ccccc34)cccc21. The first-order valence-electron chi connectivity index (χ1n) is 15.8. The van der Waals surface area contributed by atoms with E-state index in [9.17, 15) is 0 Å². The lowest BCUT2D eigenvalue weighted by molar-refractivity contribution is 0.660. The predicted octanol–water partition coefficient (Wildman–Crippen LogP) is 12.9. The Balaban J connectivity index is 1.25. The Morgan fingerprint density at radius 2 is 1.26 bits per heavy atom. The molecule has 2 nitrogen and oxygen atoms in total. The number of anilines is 3. The Hall–Kier alpha value is -5.38. The van der Waals surface area contributed by atoms with Gasteiger partial charge in [-0.1, -0.05) is 98.8 Å². The number of para-hydroxylation sites is 1. The number of hydrogen-bond acceptors (Lipinski definition) is 3. The van der Waals surface area contributed by atoms with Crippen LogP contribution < -0.4 is 4.90 Å². The Bertz CT molecular complexity index is 2690. The summed E-state index contributed by atoms with van der Waals surface area (Å²) in [6.45, 7) is 4.71. The molecular formula is C43H29NOS. The summed E-state index contributed by atoms with van der Waals surface area (Å²) in [5.41, 5.74) is 10.6. The molecule has 1 aliphatic rings. The highest BCUT2D eigenvalue weighted by Crippen LogP contribution is 2.54. The molecule has 46 heavy (non-hydrogen) atoms. The van der Waals surface area contributed by atoms with Gasteiger partial charge in [-0.25, -0.2) is 0 Å². The van der Waals surface area contributed by atoms with Crippen molar-refractivity contribution in [2.24, 2.45) is 0 Å². The maximum absolute atomic E-state index is 6.24. The summed E-state index contributed by atoms with van der Waals surface area (Å²) in [5, 5.41) is 7.28. The van der Waals surface area contributed by atoms with E-state index in [1.54, 1.807) is 0 Å². The summed E-state index contributed by atoms with van der Waals surface area (Å²) in [5.74, 6) is 0. The van der Waals surface area contributed by atoms with Crippen LogP contribution in [-0.2, 0) is 5.41 Å². The molecule has 218 valence electrons. The molecule has 2 heterocycles. The minimum absolute atomic E-state index is 0.0830. The number of furan rings is 1. The van der Waals surface area contributed by atoms with Gasteiger partial charge in [0.25, 0.3) is 0 Å². The van der Waals surface area contributed by atoms with Crippen LogP contribution in [0.2, 0.25) is 0 Å². The second-order valence-corrected chi connectivity index (χ2v) is 14.0. The van der Waals surface area contributed by atoms with E-state index >= 15 is 0 Å². The van der Waals surface area contributed by atoms with E-state index in [1.165, 1.54) is 58.9 Å². The molecular weight excluding hydrogens is 579 g/mol. The fourth-order valence-electron chi connectivity index (χ4n) is 7.80. The smallest absolute Gasteiger partial charge is 0.136 e. The molecule has 0 spiro atoms. The minimum atomic E-state index is -0.0830. The fraction of sp³-hybridized carbons (Fsp3) is 0.0698. The number of benzene rings is 7. The molecule has 0 radical (unpaired) electrons. The van der Waals surface area contributed by atoms with E-state index in [2.05, 4.69) is 146 Å². The van der Waals surface area contributed by atoms with Crippen LogP contribution in [0.25, 0.3) is 64.0 Å². The van der Waals surface area contributed by atoms with Gasteiger partial charge in [0.15, 0.2) is 0 Å². The highest BCUT2D eigenvalue weighted by molar-refractivity contribution is 7.25. The Kier molecular flexibility index (Phi) is 5.25. The van der Waals surface area contributed by atoms with Gasteiger partial charge in [0, 0.05) is 53.3 Å². The maximum Gasteiger partial charge on any atom is 0.136 e. The summed E-state index contributed by atoms with van der Waals surface area (Å²) < 4.78 is 8.85. The highest BCUT2D eigenvalue weighted by atomic mass is 32.1. The molecule has 2 aromatic heterocycles. The third-order valence-corrected chi connectivity index (χ3v) is 11.2. The zero-order valence-corrected chi connectivity index (χ0v) is 26.4. The lowest BCUT2D eigenvalue weighted by Crippen LogP contribution is -2.16. The zero-order chi connectivity index (χ0) is 30.6. The van der Waals surface area contributed by atoms with Crippen molar-refractivity contribution in [3.05, 3.63) is 151 Å². The largest absolute Gasteiger partial charge is 0.456 e. The topological polar surface area (TPSA) is 16.4 Å². The van der Waals surface area contributed by atoms with Crippen molar-refractivity contribution in [2.45, 2.75) is 19.3 Å². The molecule has 0 fully saturated rings. The second-order valence-electron chi connectivity index (χ2n) is 13.0. The molecule has 0 N–H and O–H groups in total. The molecule has 7 aromatic carbocycles. The van der Waals surface area contributed by atoms with Crippen molar-refractivity contribution in [3.63, 3.8) is 0 Å². The van der Waals surface area contributed by atoms with Crippen LogP contribution in [-0.4, -0.2) is 0 Å². The molecule has 10 rings (SSSR count). The van der Waals surface area contributed by atoms with Gasteiger partial charge in [0.1, 0.15) is 11.2 Å². The summed E-state index contributed by atoms with van der Waals surface area (Å²) in [7, 11) is 0. The van der Waals surface area contributed by atoms with Crippen LogP contribution in [0.4, 0.5) is 17.1 Å². The number of fused-ring (bicyclic) bond motifs is 10. The van der Waals surface area contributed by atoms with E-state index in [1.807, 2.05) is 23.5 Å². The Morgan fingerprint density at radius 3 is 2.20 bits per heavy atom. The molecule has 0 saturated carbocycles. The molecule has 0 bridgehead atoms. The molecule has 3 heteroatoms. The molecule has 0 saturated heterocycles. The first-order valence-corrected chi connectivity index (χ1v) is 16.7. The summed E-state index contributed by atoms with van der Waals surface area (Å²) in [4.78, 5) is 2.47. The number of rotatable bonds is 3. The average Bonchev–Trinajstić information content (AvgIpc) is 3.71.